The number of para-hydroxylation sites is 2. The summed E-state index contributed by atoms with van der Waals surface area (Å²) in [4.78, 5) is 41.2. The lowest BCUT2D eigenvalue weighted by atomic mass is 10.1. The number of anilines is 6. The number of aliphatic hydroxyl groups is 2. The van der Waals surface area contributed by atoms with E-state index in [9.17, 15) is 29.9 Å². The van der Waals surface area contributed by atoms with Crippen molar-refractivity contribution in [2.75, 3.05) is 73.7 Å². The van der Waals surface area contributed by atoms with Gasteiger partial charge in [0.25, 0.3) is 5.69 Å². The number of rotatable bonds is 20. The van der Waals surface area contributed by atoms with Crippen molar-refractivity contribution in [3.63, 3.8) is 0 Å². The van der Waals surface area contributed by atoms with Gasteiger partial charge in [0.1, 0.15) is 5.69 Å². The van der Waals surface area contributed by atoms with Crippen LogP contribution >= 0.6 is 0 Å². The molecule has 0 saturated carbocycles. The lowest BCUT2D eigenvalue weighted by Crippen LogP contribution is -2.40. The Bertz CT molecular complexity index is 1680. The van der Waals surface area contributed by atoms with E-state index in [4.69, 9.17) is 0 Å². The van der Waals surface area contributed by atoms with Crippen LogP contribution in [0.2, 0.25) is 0 Å². The molecule has 0 atom stereocenters. The smallest absolute Gasteiger partial charge is 0.294 e. The summed E-state index contributed by atoms with van der Waals surface area (Å²) in [5.74, 6) is -0.513. The average Bonchev–Trinajstić information content (AvgIpc) is 3.10. The second-order valence-electron chi connectivity index (χ2n) is 11.7. The molecule has 0 bridgehead atoms. The Morgan fingerprint density at radius 1 is 0.620 bits per heavy atom. The highest BCUT2D eigenvalue weighted by Crippen LogP contribution is 2.30. The zero-order valence-corrected chi connectivity index (χ0v) is 28.2. The minimum atomic E-state index is -0.504. The van der Waals surface area contributed by atoms with Gasteiger partial charge in [0, 0.05) is 86.6 Å². The third-order valence-electron chi connectivity index (χ3n) is 7.97. The maximum Gasteiger partial charge on any atom is 0.294 e. The number of hydrogen-bond donors (Lipinski definition) is 6. The molecule has 0 fully saturated rings. The van der Waals surface area contributed by atoms with Gasteiger partial charge >= 0.3 is 0 Å². The van der Waals surface area contributed by atoms with E-state index >= 15 is 0 Å². The maximum absolute atomic E-state index is 13.0. The SMILES string of the molecule is Cc1cc(NC(=O)CCN(CCC(=O)Nc2ccc(Nc3ccccc3)c([N+](=O)[O-])c2)CCN(CCO)CCO)ccc1Nc1ccccc1. The van der Waals surface area contributed by atoms with Gasteiger partial charge in [0.05, 0.1) is 18.1 Å². The highest BCUT2D eigenvalue weighted by atomic mass is 16.6. The van der Waals surface area contributed by atoms with E-state index in [1.807, 2.05) is 83.5 Å². The summed E-state index contributed by atoms with van der Waals surface area (Å²) in [5.41, 5.74) is 4.66. The molecular formula is C37H45N7O6. The first-order valence-electron chi connectivity index (χ1n) is 16.5. The van der Waals surface area contributed by atoms with Gasteiger partial charge in [0.2, 0.25) is 11.8 Å². The molecule has 0 aliphatic carbocycles. The van der Waals surface area contributed by atoms with E-state index < -0.39 is 4.92 Å². The Morgan fingerprint density at radius 3 is 1.56 bits per heavy atom. The van der Waals surface area contributed by atoms with Crippen LogP contribution in [0.15, 0.2) is 97.1 Å². The Labute approximate surface area is 292 Å². The van der Waals surface area contributed by atoms with Crippen LogP contribution < -0.4 is 21.3 Å². The predicted octanol–water partition coefficient (Wildman–Crippen LogP) is 5.34. The molecule has 6 N–H and O–H groups in total. The zero-order chi connectivity index (χ0) is 35.7. The van der Waals surface area contributed by atoms with Gasteiger partial charge in [-0.25, -0.2) is 0 Å². The first-order valence-corrected chi connectivity index (χ1v) is 16.5. The van der Waals surface area contributed by atoms with Crippen LogP contribution in [0, 0.1) is 17.0 Å². The molecule has 4 aromatic rings. The summed E-state index contributed by atoms with van der Waals surface area (Å²) >= 11 is 0. The fourth-order valence-corrected chi connectivity index (χ4v) is 5.30. The third-order valence-corrected chi connectivity index (χ3v) is 7.97. The van der Waals surface area contributed by atoms with Gasteiger partial charge in [-0.15, -0.1) is 0 Å². The summed E-state index contributed by atoms with van der Waals surface area (Å²) in [6.45, 7) is 4.31. The van der Waals surface area contributed by atoms with E-state index in [1.54, 1.807) is 24.3 Å². The molecule has 0 radical (unpaired) electrons. The normalized spacial score (nSPS) is 11.0. The number of carbonyl (C=O) groups is 2. The van der Waals surface area contributed by atoms with Gasteiger partial charge in [0.15, 0.2) is 0 Å². The Balaban J connectivity index is 1.34. The standard InChI is InChI=1S/C37H45N7O6/c1-28-26-31(12-14-33(28)38-29-8-4-2-5-9-29)40-36(47)16-18-42(20-21-43(22-24-45)23-25-46)19-17-37(48)41-32-13-15-34(35(27-32)44(49)50)39-30-10-6-3-7-11-30/h2-15,26-27,38-39,45-46H,16-25H2,1H3,(H,40,47)(H,41,48). The Hall–Kier alpha value is -5.34. The highest BCUT2D eigenvalue weighted by molar-refractivity contribution is 5.92. The Morgan fingerprint density at radius 2 is 1.08 bits per heavy atom. The molecule has 2 amide bonds. The summed E-state index contributed by atoms with van der Waals surface area (Å²) < 4.78 is 0. The number of nitro benzene ring substituents is 1. The molecule has 0 saturated heterocycles. The summed E-state index contributed by atoms with van der Waals surface area (Å²) in [5, 5.41) is 42.8. The van der Waals surface area contributed by atoms with Crippen molar-refractivity contribution in [1.82, 2.24) is 9.80 Å². The summed E-state index contributed by atoms with van der Waals surface area (Å²) in [6, 6.07) is 29.0. The minimum Gasteiger partial charge on any atom is -0.395 e. The number of benzene rings is 4. The molecular weight excluding hydrogens is 638 g/mol. The van der Waals surface area contributed by atoms with E-state index in [0.717, 1.165) is 16.9 Å². The number of nitrogens with zero attached hydrogens (tertiary/aromatic N) is 3. The van der Waals surface area contributed by atoms with Gasteiger partial charge in [-0.1, -0.05) is 36.4 Å². The highest BCUT2D eigenvalue weighted by Gasteiger charge is 2.18. The number of aliphatic hydroxyl groups excluding tert-OH is 2. The van der Waals surface area contributed by atoms with Crippen LogP contribution in [0.5, 0.6) is 0 Å². The van der Waals surface area contributed by atoms with Crippen molar-refractivity contribution in [1.29, 1.82) is 0 Å². The molecule has 4 aromatic carbocycles. The molecule has 0 aliphatic rings. The number of hydrogen-bond acceptors (Lipinski definition) is 10. The van der Waals surface area contributed by atoms with Crippen LogP contribution in [-0.4, -0.2) is 89.2 Å². The first-order chi connectivity index (χ1) is 24.2. The molecule has 264 valence electrons. The van der Waals surface area contributed by atoms with Crippen molar-refractivity contribution >= 4 is 51.6 Å². The summed E-state index contributed by atoms with van der Waals surface area (Å²) in [7, 11) is 0. The van der Waals surface area contributed by atoms with Crippen LogP contribution in [0.3, 0.4) is 0 Å². The van der Waals surface area contributed by atoms with Crippen LogP contribution in [0.25, 0.3) is 0 Å². The molecule has 0 heterocycles. The Kier molecular flexibility index (Phi) is 14.7. The van der Waals surface area contributed by atoms with Crippen LogP contribution in [0.4, 0.5) is 39.8 Å². The van der Waals surface area contributed by atoms with E-state index in [1.165, 1.54) is 6.07 Å². The van der Waals surface area contributed by atoms with E-state index in [2.05, 4.69) is 21.3 Å². The van der Waals surface area contributed by atoms with Crippen molar-refractivity contribution in [3.8, 4) is 0 Å². The number of nitro groups is 1. The van der Waals surface area contributed by atoms with Crippen LogP contribution in [0.1, 0.15) is 18.4 Å². The topological polar surface area (TPSA) is 172 Å². The predicted molar refractivity (Wildman–Crippen MR) is 197 cm³/mol. The van der Waals surface area contributed by atoms with E-state index in [0.29, 0.717) is 62.0 Å². The minimum absolute atomic E-state index is 0.0598. The average molecular weight is 684 g/mol. The molecule has 13 heteroatoms. The van der Waals surface area contributed by atoms with Gasteiger partial charge in [-0.05, 0) is 67.1 Å². The first kappa shape index (κ1) is 37.5. The monoisotopic (exact) mass is 683 g/mol. The molecule has 13 nitrogen and oxygen atoms in total. The van der Waals surface area contributed by atoms with Crippen molar-refractivity contribution < 1.29 is 24.7 Å². The summed E-state index contributed by atoms with van der Waals surface area (Å²) in [6.07, 6.45) is 0.251. The lowest BCUT2D eigenvalue weighted by molar-refractivity contribution is -0.383. The molecule has 0 unspecified atom stereocenters. The molecule has 4 rings (SSSR count). The number of amides is 2. The maximum atomic E-state index is 13.0. The number of nitrogens with one attached hydrogen (secondary N) is 4. The quantitative estimate of drug-likeness (QED) is 0.0528. The second kappa shape index (κ2) is 19.6. The largest absolute Gasteiger partial charge is 0.395 e. The van der Waals surface area contributed by atoms with Crippen molar-refractivity contribution in [3.05, 3.63) is 113 Å². The third kappa shape index (κ3) is 12.3. The van der Waals surface area contributed by atoms with Gasteiger partial charge < -0.3 is 36.4 Å². The van der Waals surface area contributed by atoms with Gasteiger partial charge in [-0.2, -0.15) is 0 Å². The van der Waals surface area contributed by atoms with Crippen molar-refractivity contribution in [2.24, 2.45) is 0 Å². The fourth-order valence-electron chi connectivity index (χ4n) is 5.30. The molecule has 0 aliphatic heterocycles. The molecule has 0 spiro atoms. The van der Waals surface area contributed by atoms with Gasteiger partial charge in [-0.3, -0.25) is 24.6 Å². The number of aryl methyl sites for hydroxylation is 1. The lowest BCUT2D eigenvalue weighted by Gasteiger charge is -2.26. The van der Waals surface area contributed by atoms with E-state index in [-0.39, 0.29) is 43.6 Å². The fraction of sp³-hybridized carbons (Fsp3) is 0.297. The molecule has 0 aromatic heterocycles. The number of carbonyl (C=O) groups excluding carboxylic acids is 2. The molecule has 50 heavy (non-hydrogen) atoms. The second-order valence-corrected chi connectivity index (χ2v) is 11.7. The van der Waals surface area contributed by atoms with Crippen molar-refractivity contribution in [2.45, 2.75) is 19.8 Å². The van der Waals surface area contributed by atoms with Crippen LogP contribution in [-0.2, 0) is 9.59 Å². The zero-order valence-electron chi connectivity index (χ0n) is 28.2.